The van der Waals surface area contributed by atoms with E-state index in [0.29, 0.717) is 31.6 Å². The minimum Gasteiger partial charge on any atom is -0.481 e. The number of rotatable bonds is 6. The standard InChI is InChI=1S/C27H30N2O5S/c30-25(31)14-19-16-35-12-11-29(19)26(32)17-9-10-18(13-17)28-27(33)34-15-24-22-7-3-1-5-20(22)21-6-2-4-8-23(21)24/h1-8,17-19,24H,9-16H2,(H,28,33)(H,30,31). The van der Waals surface area contributed by atoms with Crippen LogP contribution in [0.1, 0.15) is 42.7 Å². The van der Waals surface area contributed by atoms with E-state index in [-0.39, 0.29) is 42.9 Å². The van der Waals surface area contributed by atoms with Gasteiger partial charge in [0.05, 0.1) is 12.5 Å². The van der Waals surface area contributed by atoms with Crippen molar-refractivity contribution in [2.75, 3.05) is 24.7 Å². The highest BCUT2D eigenvalue weighted by Gasteiger charge is 2.37. The minimum atomic E-state index is -0.878. The molecule has 0 radical (unpaired) electrons. The number of carboxylic acid groups (broad SMARTS) is 1. The molecule has 184 valence electrons. The van der Waals surface area contributed by atoms with E-state index in [9.17, 15) is 19.5 Å². The van der Waals surface area contributed by atoms with E-state index >= 15 is 0 Å². The van der Waals surface area contributed by atoms with Crippen LogP contribution in [0, 0.1) is 5.92 Å². The fourth-order valence-corrected chi connectivity index (χ4v) is 6.76. The second-order valence-corrected chi connectivity index (χ2v) is 10.7. The van der Waals surface area contributed by atoms with Crippen LogP contribution in [-0.4, -0.2) is 64.7 Å². The Morgan fingerprint density at radius 2 is 1.71 bits per heavy atom. The number of nitrogens with one attached hydrogen (secondary N) is 1. The maximum Gasteiger partial charge on any atom is 0.407 e. The molecule has 7 nitrogen and oxygen atoms in total. The summed E-state index contributed by atoms with van der Waals surface area (Å²) in [5, 5.41) is 12.2. The lowest BCUT2D eigenvalue weighted by Gasteiger charge is -2.36. The Balaban J connectivity index is 1.15. The zero-order chi connectivity index (χ0) is 24.4. The molecule has 2 N–H and O–H groups in total. The maximum absolute atomic E-state index is 13.1. The summed E-state index contributed by atoms with van der Waals surface area (Å²) in [4.78, 5) is 38.7. The lowest BCUT2D eigenvalue weighted by atomic mass is 9.98. The molecule has 3 atom stereocenters. The van der Waals surface area contributed by atoms with Gasteiger partial charge < -0.3 is 20.1 Å². The summed E-state index contributed by atoms with van der Waals surface area (Å²) in [7, 11) is 0. The van der Waals surface area contributed by atoms with E-state index in [1.807, 2.05) is 24.3 Å². The molecule has 35 heavy (non-hydrogen) atoms. The molecule has 2 aliphatic carbocycles. The zero-order valence-corrected chi connectivity index (χ0v) is 20.3. The van der Waals surface area contributed by atoms with Crippen molar-refractivity contribution in [3.05, 3.63) is 59.7 Å². The maximum atomic E-state index is 13.1. The molecule has 2 aromatic rings. The Kier molecular flexibility index (Phi) is 7.00. The van der Waals surface area contributed by atoms with E-state index in [4.69, 9.17) is 4.74 Å². The van der Waals surface area contributed by atoms with Gasteiger partial charge in [-0.2, -0.15) is 11.8 Å². The number of carbonyl (C=O) groups is 3. The molecule has 5 rings (SSSR count). The SMILES string of the molecule is O=C(O)CC1CSCCN1C(=O)C1CCC(NC(=O)OCC2c3ccccc3-c3ccccc32)C1. The van der Waals surface area contributed by atoms with Gasteiger partial charge in [-0.3, -0.25) is 9.59 Å². The van der Waals surface area contributed by atoms with Crippen molar-refractivity contribution >= 4 is 29.7 Å². The number of fused-ring (bicyclic) bond motifs is 3. The predicted molar refractivity (Wildman–Crippen MR) is 134 cm³/mol. The van der Waals surface area contributed by atoms with Crippen LogP contribution in [0.25, 0.3) is 11.1 Å². The van der Waals surface area contributed by atoms with E-state index in [0.717, 1.165) is 5.75 Å². The van der Waals surface area contributed by atoms with Crippen molar-refractivity contribution < 1.29 is 24.2 Å². The number of thioether (sulfide) groups is 1. The normalized spacial score (nSPS) is 23.4. The number of aliphatic carboxylic acids is 1. The van der Waals surface area contributed by atoms with Crippen LogP contribution in [0.15, 0.2) is 48.5 Å². The average molecular weight is 495 g/mol. The van der Waals surface area contributed by atoms with Gasteiger partial charge in [-0.15, -0.1) is 0 Å². The zero-order valence-electron chi connectivity index (χ0n) is 19.5. The highest BCUT2D eigenvalue weighted by Crippen LogP contribution is 2.44. The quantitative estimate of drug-likeness (QED) is 0.628. The van der Waals surface area contributed by atoms with E-state index in [1.54, 1.807) is 16.7 Å². The lowest BCUT2D eigenvalue weighted by molar-refractivity contribution is -0.142. The van der Waals surface area contributed by atoms with Gasteiger partial charge >= 0.3 is 12.1 Å². The molecule has 2 aromatic carbocycles. The fourth-order valence-electron chi connectivity index (χ4n) is 5.69. The molecule has 0 bridgehead atoms. The summed E-state index contributed by atoms with van der Waals surface area (Å²) in [5.74, 6) is 0.453. The number of carbonyl (C=O) groups excluding carboxylic acids is 2. The van der Waals surface area contributed by atoms with E-state index < -0.39 is 12.1 Å². The van der Waals surface area contributed by atoms with Crippen LogP contribution in [-0.2, 0) is 14.3 Å². The molecule has 3 aliphatic rings. The van der Waals surface area contributed by atoms with Gasteiger partial charge in [0.25, 0.3) is 0 Å². The summed E-state index contributed by atoms with van der Waals surface area (Å²) in [6, 6.07) is 16.1. The first-order chi connectivity index (χ1) is 17.0. The number of nitrogens with zero attached hydrogens (tertiary/aromatic N) is 1. The van der Waals surface area contributed by atoms with Crippen molar-refractivity contribution in [2.45, 2.75) is 43.7 Å². The molecule has 2 fully saturated rings. The van der Waals surface area contributed by atoms with Crippen LogP contribution in [0.4, 0.5) is 4.79 Å². The number of ether oxygens (including phenoxy) is 1. The van der Waals surface area contributed by atoms with Crippen molar-refractivity contribution in [3.8, 4) is 11.1 Å². The Morgan fingerprint density at radius 3 is 2.40 bits per heavy atom. The number of benzene rings is 2. The van der Waals surface area contributed by atoms with Crippen LogP contribution in [0.2, 0.25) is 0 Å². The summed E-state index contributed by atoms with van der Waals surface area (Å²) >= 11 is 1.69. The lowest BCUT2D eigenvalue weighted by Crippen LogP contribution is -2.49. The second-order valence-electron chi connectivity index (χ2n) is 9.54. The van der Waals surface area contributed by atoms with Crippen LogP contribution < -0.4 is 5.32 Å². The largest absolute Gasteiger partial charge is 0.481 e. The first-order valence-corrected chi connectivity index (χ1v) is 13.4. The predicted octanol–water partition coefficient (Wildman–Crippen LogP) is 4.11. The third-order valence-electron chi connectivity index (χ3n) is 7.37. The molecule has 2 amide bonds. The minimum absolute atomic E-state index is 0.00851. The molecule has 1 saturated carbocycles. The molecule has 0 spiro atoms. The summed E-state index contributed by atoms with van der Waals surface area (Å²) in [6.45, 7) is 0.847. The molecule has 3 unspecified atom stereocenters. The smallest absolute Gasteiger partial charge is 0.407 e. The monoisotopic (exact) mass is 494 g/mol. The van der Waals surface area contributed by atoms with Crippen LogP contribution in [0.3, 0.4) is 0 Å². The third-order valence-corrected chi connectivity index (χ3v) is 8.46. The third kappa shape index (κ3) is 5.03. The fraction of sp³-hybridized carbons (Fsp3) is 0.444. The number of alkyl carbamates (subject to hydrolysis) is 1. The second kappa shape index (κ2) is 10.3. The summed E-state index contributed by atoms with van der Waals surface area (Å²) < 4.78 is 5.66. The average Bonchev–Trinajstić information content (AvgIpc) is 3.45. The molecular weight excluding hydrogens is 464 g/mol. The molecular formula is C27H30N2O5S. The van der Waals surface area contributed by atoms with E-state index in [2.05, 4.69) is 29.6 Å². The highest BCUT2D eigenvalue weighted by molar-refractivity contribution is 7.99. The first-order valence-electron chi connectivity index (χ1n) is 12.2. The molecule has 1 aliphatic heterocycles. The van der Waals surface area contributed by atoms with Crippen LogP contribution >= 0.6 is 11.8 Å². The van der Waals surface area contributed by atoms with Gasteiger partial charge in [-0.1, -0.05) is 48.5 Å². The van der Waals surface area contributed by atoms with Crippen LogP contribution in [0.5, 0.6) is 0 Å². The van der Waals surface area contributed by atoms with Gasteiger partial charge in [0.15, 0.2) is 0 Å². The first kappa shape index (κ1) is 23.7. The molecule has 8 heteroatoms. The Labute approximate surface area is 209 Å². The van der Waals surface area contributed by atoms with Crippen molar-refractivity contribution in [3.63, 3.8) is 0 Å². The van der Waals surface area contributed by atoms with Gasteiger partial charge in [0.1, 0.15) is 6.61 Å². The van der Waals surface area contributed by atoms with Gasteiger partial charge in [-0.05, 0) is 41.5 Å². The summed E-state index contributed by atoms with van der Waals surface area (Å²) in [5.41, 5.74) is 4.71. The Bertz CT molecular complexity index is 1080. The van der Waals surface area contributed by atoms with Crippen molar-refractivity contribution in [2.24, 2.45) is 5.92 Å². The van der Waals surface area contributed by atoms with Gasteiger partial charge in [0.2, 0.25) is 5.91 Å². The molecule has 0 aromatic heterocycles. The molecule has 1 saturated heterocycles. The van der Waals surface area contributed by atoms with Gasteiger partial charge in [-0.25, -0.2) is 4.79 Å². The number of hydrogen-bond acceptors (Lipinski definition) is 5. The number of carboxylic acids is 1. The topological polar surface area (TPSA) is 95.9 Å². The highest BCUT2D eigenvalue weighted by atomic mass is 32.2. The van der Waals surface area contributed by atoms with Crippen molar-refractivity contribution in [1.82, 2.24) is 10.2 Å². The molecule has 1 heterocycles. The summed E-state index contributed by atoms with van der Waals surface area (Å²) in [6.07, 6.45) is 1.49. The van der Waals surface area contributed by atoms with Gasteiger partial charge in [0, 0.05) is 35.9 Å². The Hall–Kier alpha value is -3.00. The Morgan fingerprint density at radius 1 is 1.03 bits per heavy atom. The van der Waals surface area contributed by atoms with E-state index in [1.165, 1.54) is 22.3 Å². The number of amides is 2. The van der Waals surface area contributed by atoms with Crippen molar-refractivity contribution in [1.29, 1.82) is 0 Å². The number of hydrogen-bond donors (Lipinski definition) is 2.